The van der Waals surface area contributed by atoms with Gasteiger partial charge >= 0.3 is 16.4 Å². The first-order valence-corrected chi connectivity index (χ1v) is 15.9. The minimum Gasteiger partial charge on any atom is -0.489 e. The summed E-state index contributed by atoms with van der Waals surface area (Å²) in [5, 5.41) is 18.7. The average Bonchev–Trinajstić information content (AvgIpc) is 3.41. The number of ketones is 1. The number of nitrogens with zero attached hydrogens (tertiary/aromatic N) is 4. The molecule has 17 nitrogen and oxygen atoms in total. The molecule has 0 bridgehead atoms. The summed E-state index contributed by atoms with van der Waals surface area (Å²) in [5.74, 6) is -3.48. The van der Waals surface area contributed by atoms with E-state index < -0.39 is 64.4 Å². The Morgan fingerprint density at radius 2 is 2.00 bits per heavy atom. The second-order valence-electron chi connectivity index (χ2n) is 10.8. The van der Waals surface area contributed by atoms with Gasteiger partial charge < -0.3 is 31.5 Å². The molecule has 7 N–H and O–H groups in total. The molecule has 2 fully saturated rings. The van der Waals surface area contributed by atoms with Crippen LogP contribution in [0.2, 0.25) is 0 Å². The minimum atomic E-state index is -4.99. The quantitative estimate of drug-likeness (QED) is 0.0599. The molecule has 19 heteroatoms. The van der Waals surface area contributed by atoms with Gasteiger partial charge in [-0.1, -0.05) is 5.16 Å². The number of ether oxygens (including phenoxy) is 1. The van der Waals surface area contributed by atoms with E-state index in [9.17, 15) is 27.9 Å². The van der Waals surface area contributed by atoms with Gasteiger partial charge in [-0.15, -0.1) is 15.6 Å². The van der Waals surface area contributed by atoms with Crippen molar-refractivity contribution >= 4 is 56.1 Å². The first-order valence-electron chi connectivity index (χ1n) is 13.6. The lowest BCUT2D eigenvalue weighted by Crippen LogP contribution is -2.68. The summed E-state index contributed by atoms with van der Waals surface area (Å²) in [7, 11) is -4.99. The summed E-state index contributed by atoms with van der Waals surface area (Å²) < 4.78 is 41.0. The Morgan fingerprint density at radius 1 is 1.29 bits per heavy atom. The minimum absolute atomic E-state index is 0.0259. The van der Waals surface area contributed by atoms with E-state index in [1.807, 2.05) is 0 Å². The molecular formula is C26H33N7O10S2. The fourth-order valence-electron chi connectivity index (χ4n) is 4.66. The van der Waals surface area contributed by atoms with Gasteiger partial charge in [0.2, 0.25) is 0 Å². The van der Waals surface area contributed by atoms with Crippen molar-refractivity contribution in [3.63, 3.8) is 0 Å². The highest BCUT2D eigenvalue weighted by Crippen LogP contribution is 2.40. The number of thiazole rings is 1. The molecule has 1 unspecified atom stereocenters. The molecule has 3 atom stereocenters. The highest BCUT2D eigenvalue weighted by Gasteiger charge is 2.57. The first-order chi connectivity index (χ1) is 21.2. The molecule has 0 aliphatic carbocycles. The van der Waals surface area contributed by atoms with E-state index in [2.05, 4.69) is 24.7 Å². The van der Waals surface area contributed by atoms with Crippen LogP contribution < -0.4 is 21.5 Å². The first kappa shape index (κ1) is 33.7. The fraction of sp³-hybridized carbons (Fsp3) is 0.462. The number of β-lactam (4-membered cyclic amide) rings is 1. The van der Waals surface area contributed by atoms with Crippen LogP contribution in [0.3, 0.4) is 0 Å². The second kappa shape index (κ2) is 13.9. The molecule has 0 saturated carbocycles. The highest BCUT2D eigenvalue weighted by molar-refractivity contribution is 7.80. The number of aliphatic imine (C=N–C) groups is 1. The monoisotopic (exact) mass is 667 g/mol. The predicted octanol–water partition coefficient (Wildman–Crippen LogP) is 0.366. The van der Waals surface area contributed by atoms with E-state index in [4.69, 9.17) is 25.6 Å². The van der Waals surface area contributed by atoms with Gasteiger partial charge in [0, 0.05) is 23.9 Å². The Hall–Kier alpha value is -4.17. The summed E-state index contributed by atoms with van der Waals surface area (Å²) in [6.45, 7) is 4.06. The van der Waals surface area contributed by atoms with Crippen molar-refractivity contribution in [3.05, 3.63) is 40.9 Å². The Morgan fingerprint density at radius 3 is 2.56 bits per heavy atom. The molecule has 2 aliphatic rings. The van der Waals surface area contributed by atoms with Gasteiger partial charge in [0.05, 0.1) is 17.5 Å². The molecule has 2 saturated heterocycles. The fourth-order valence-corrected chi connectivity index (χ4v) is 5.66. The van der Waals surface area contributed by atoms with Crippen LogP contribution in [0.1, 0.15) is 44.4 Å². The number of nitrogens with one attached hydrogen (secondary N) is 1. The number of Topliss-reactive ketones (excluding diaryl/α,β-unsaturated/α-hetero) is 1. The molecule has 1 aromatic heterocycles. The van der Waals surface area contributed by atoms with Crippen molar-refractivity contribution < 1.29 is 46.3 Å². The largest absolute Gasteiger partial charge is 0.489 e. The third-order valence-electron chi connectivity index (χ3n) is 7.15. The van der Waals surface area contributed by atoms with Crippen molar-refractivity contribution in [2.75, 3.05) is 25.4 Å². The normalized spacial score (nSPS) is 21.1. The van der Waals surface area contributed by atoms with E-state index in [1.54, 1.807) is 24.3 Å². The number of carboxylic acids is 1. The summed E-state index contributed by atoms with van der Waals surface area (Å²) in [6.07, 6.45) is -0.195. The van der Waals surface area contributed by atoms with Crippen molar-refractivity contribution in [1.29, 1.82) is 0 Å². The van der Waals surface area contributed by atoms with Crippen molar-refractivity contribution in [2.45, 2.75) is 50.8 Å². The van der Waals surface area contributed by atoms with E-state index in [0.29, 0.717) is 22.2 Å². The van der Waals surface area contributed by atoms with Crippen LogP contribution in [-0.4, -0.2) is 94.7 Å². The van der Waals surface area contributed by atoms with Gasteiger partial charge in [-0.05, 0) is 57.5 Å². The molecule has 244 valence electrons. The van der Waals surface area contributed by atoms with Gasteiger partial charge in [0.1, 0.15) is 23.9 Å². The van der Waals surface area contributed by atoms with Crippen molar-refractivity contribution in [2.24, 2.45) is 21.8 Å². The molecule has 0 radical (unpaired) electrons. The van der Waals surface area contributed by atoms with Crippen LogP contribution in [0.25, 0.3) is 0 Å². The lowest BCUT2D eigenvalue weighted by Gasteiger charge is -2.50. The number of carbonyl (C=O) groups excluding carboxylic acids is 2. The van der Waals surface area contributed by atoms with Gasteiger partial charge in [-0.25, -0.2) is 9.78 Å². The zero-order valence-electron chi connectivity index (χ0n) is 24.3. The van der Waals surface area contributed by atoms with Crippen LogP contribution in [0.15, 0.2) is 39.8 Å². The lowest BCUT2D eigenvalue weighted by molar-refractivity contribution is -0.228. The number of hydroxylamine groups is 2. The van der Waals surface area contributed by atoms with E-state index in [0.717, 1.165) is 37.3 Å². The maximum Gasteiger partial charge on any atom is 0.418 e. The molecule has 1 amide bonds. The van der Waals surface area contributed by atoms with E-state index in [-0.39, 0.29) is 16.9 Å². The number of aromatic nitrogens is 1. The number of hydrogen-bond donors (Lipinski definition) is 5. The van der Waals surface area contributed by atoms with Gasteiger partial charge in [-0.3, -0.25) is 19.1 Å². The van der Waals surface area contributed by atoms with E-state index in [1.165, 1.54) is 19.2 Å². The molecule has 0 spiro atoms. The van der Waals surface area contributed by atoms with Gasteiger partial charge in [0.25, 0.3) is 12.0 Å². The number of amides is 1. The predicted molar refractivity (Wildman–Crippen MR) is 161 cm³/mol. The Balaban J connectivity index is 1.43. The summed E-state index contributed by atoms with van der Waals surface area (Å²) in [4.78, 5) is 51.5. The summed E-state index contributed by atoms with van der Waals surface area (Å²) in [6, 6.07) is 6.66. The number of nitrogen functional groups attached to an aromatic ring is 1. The van der Waals surface area contributed by atoms with Crippen molar-refractivity contribution in [3.8, 4) is 5.75 Å². The highest BCUT2D eigenvalue weighted by atomic mass is 32.3. The molecule has 4 rings (SSSR count). The zero-order valence-corrected chi connectivity index (χ0v) is 25.9. The van der Waals surface area contributed by atoms with Gasteiger partial charge in [-0.2, -0.15) is 13.5 Å². The molecule has 1 aromatic carbocycles. The zero-order chi connectivity index (χ0) is 32.9. The van der Waals surface area contributed by atoms with Crippen LogP contribution in [0.5, 0.6) is 5.75 Å². The maximum absolute atomic E-state index is 13.3. The number of carbonyl (C=O) groups is 3. The van der Waals surface area contributed by atoms with Crippen molar-refractivity contribution in [1.82, 2.24) is 15.4 Å². The van der Waals surface area contributed by atoms with Crippen LogP contribution in [0, 0.1) is 5.92 Å². The van der Waals surface area contributed by atoms with Gasteiger partial charge in [0.15, 0.2) is 16.6 Å². The SMILES string of the molecule is CC1(C)C(CC(=O)/C(=N\O[C@@H](COc2ccc(C(N)=N[C@H]3CCCNC3)cc2)C(=O)O)c2csc(N)n2)C(=O)N1OS(=O)(=O)O. The third kappa shape index (κ3) is 8.51. The number of hydrogen-bond acceptors (Lipinski definition) is 14. The number of anilines is 1. The van der Waals surface area contributed by atoms with E-state index >= 15 is 0 Å². The standard InChI is InChI=1S/C26H33N7O10S2/c1-26(2)17(23(35)33(26)43-45(38,39)40)10-19(34)21(18-13-44-25(28)31-18)32-42-20(24(36)37)12-41-16-7-5-14(6-8-16)22(27)30-15-4-3-9-29-11-15/h5-8,13,15,17,20,29H,3-4,9-12H2,1-2H3,(H2,27,30)(H2,28,31)(H,36,37)(H,38,39,40)/b32-21-/t15-,17?,20-/m0/s1. The second-order valence-corrected chi connectivity index (χ2v) is 12.7. The number of piperidine rings is 1. The summed E-state index contributed by atoms with van der Waals surface area (Å²) >= 11 is 0.984. The molecule has 45 heavy (non-hydrogen) atoms. The number of benzene rings is 1. The topological polar surface area (TPSA) is 258 Å². The Bertz CT molecular complexity index is 1580. The number of aliphatic carboxylic acids is 1. The average molecular weight is 668 g/mol. The molecule has 2 aromatic rings. The number of oxime groups is 1. The number of carboxylic acid groups (broad SMARTS) is 1. The molecular weight excluding hydrogens is 634 g/mol. The third-order valence-corrected chi connectivity index (χ3v) is 8.16. The lowest BCUT2D eigenvalue weighted by atomic mass is 9.74. The Labute approximate surface area is 262 Å². The van der Waals surface area contributed by atoms with Crippen LogP contribution in [-0.2, 0) is 33.9 Å². The smallest absolute Gasteiger partial charge is 0.418 e. The number of rotatable bonds is 14. The maximum atomic E-state index is 13.3. The van der Waals surface area contributed by atoms with Crippen LogP contribution >= 0.6 is 11.3 Å². The Kier molecular flexibility index (Phi) is 10.4. The molecule has 3 heterocycles. The molecule has 2 aliphatic heterocycles. The van der Waals surface area contributed by atoms with Crippen LogP contribution in [0.4, 0.5) is 5.13 Å². The number of nitrogens with two attached hydrogens (primary N) is 2. The number of amidine groups is 1. The summed E-state index contributed by atoms with van der Waals surface area (Å²) in [5.41, 5.74) is 10.8.